The van der Waals surface area contributed by atoms with Crippen molar-refractivity contribution in [2.75, 3.05) is 25.5 Å². The highest BCUT2D eigenvalue weighted by Gasteiger charge is 2.31. The minimum atomic E-state index is -0.300. The number of hydrogen-bond donors (Lipinski definition) is 1. The number of nitrogens with zero attached hydrogens (tertiary/aromatic N) is 1. The zero-order chi connectivity index (χ0) is 13.2. The van der Waals surface area contributed by atoms with E-state index in [0.717, 1.165) is 18.2 Å². The van der Waals surface area contributed by atoms with Crippen LogP contribution in [-0.2, 0) is 0 Å². The van der Waals surface area contributed by atoms with Crippen LogP contribution in [0.5, 0.6) is 5.75 Å². The first kappa shape index (κ1) is 12.7. The van der Waals surface area contributed by atoms with Crippen molar-refractivity contribution < 1.29 is 9.13 Å². The number of rotatable bonds is 3. The minimum absolute atomic E-state index is 0.300. The SMILES string of the molecule is COc1ccc(NC2CCN3CCCC3C2)cc1F. The molecule has 2 aliphatic rings. The number of piperidine rings is 1. The molecule has 2 fully saturated rings. The predicted molar refractivity (Wildman–Crippen MR) is 74.2 cm³/mol. The van der Waals surface area contributed by atoms with Crippen LogP contribution < -0.4 is 10.1 Å². The third-order valence-corrected chi connectivity index (χ3v) is 4.34. The van der Waals surface area contributed by atoms with Crippen LogP contribution in [0.3, 0.4) is 0 Å². The van der Waals surface area contributed by atoms with E-state index >= 15 is 0 Å². The number of hydrogen-bond acceptors (Lipinski definition) is 3. The van der Waals surface area contributed by atoms with Gasteiger partial charge in [-0.2, -0.15) is 0 Å². The Morgan fingerprint density at radius 1 is 1.32 bits per heavy atom. The average molecular weight is 264 g/mol. The monoisotopic (exact) mass is 264 g/mol. The molecule has 104 valence electrons. The predicted octanol–water partition coefficient (Wildman–Crippen LogP) is 2.87. The maximum atomic E-state index is 13.6. The van der Waals surface area contributed by atoms with Crippen LogP contribution in [0.2, 0.25) is 0 Å². The molecule has 0 radical (unpaired) electrons. The molecule has 0 spiro atoms. The first-order chi connectivity index (χ1) is 9.26. The second kappa shape index (κ2) is 5.37. The summed E-state index contributed by atoms with van der Waals surface area (Å²) in [6, 6.07) is 6.30. The van der Waals surface area contributed by atoms with Gasteiger partial charge in [0, 0.05) is 30.4 Å². The third-order valence-electron chi connectivity index (χ3n) is 4.34. The molecule has 19 heavy (non-hydrogen) atoms. The summed E-state index contributed by atoms with van der Waals surface area (Å²) < 4.78 is 18.6. The van der Waals surface area contributed by atoms with Crippen LogP contribution in [-0.4, -0.2) is 37.2 Å². The lowest BCUT2D eigenvalue weighted by atomic mass is 9.97. The van der Waals surface area contributed by atoms with Crippen molar-refractivity contribution in [1.82, 2.24) is 4.90 Å². The number of nitrogens with one attached hydrogen (secondary N) is 1. The van der Waals surface area contributed by atoms with Gasteiger partial charge in [-0.25, -0.2) is 4.39 Å². The molecule has 2 unspecified atom stereocenters. The Balaban J connectivity index is 1.63. The summed E-state index contributed by atoms with van der Waals surface area (Å²) in [6.45, 7) is 2.43. The molecule has 1 aromatic carbocycles. The molecule has 2 aliphatic heterocycles. The molecule has 0 amide bonds. The molecule has 0 aliphatic carbocycles. The van der Waals surface area contributed by atoms with E-state index in [4.69, 9.17) is 4.74 Å². The van der Waals surface area contributed by atoms with E-state index in [0.29, 0.717) is 11.8 Å². The molecule has 2 atom stereocenters. The van der Waals surface area contributed by atoms with Crippen molar-refractivity contribution in [3.05, 3.63) is 24.0 Å². The molecule has 3 nitrogen and oxygen atoms in total. The van der Waals surface area contributed by atoms with E-state index in [1.807, 2.05) is 6.07 Å². The number of ether oxygens (including phenoxy) is 1. The highest BCUT2D eigenvalue weighted by molar-refractivity contribution is 5.48. The summed E-state index contributed by atoms with van der Waals surface area (Å²) in [5.41, 5.74) is 0.856. The average Bonchev–Trinajstić information content (AvgIpc) is 2.86. The van der Waals surface area contributed by atoms with Gasteiger partial charge in [-0.15, -0.1) is 0 Å². The fourth-order valence-corrected chi connectivity index (χ4v) is 3.35. The topological polar surface area (TPSA) is 24.5 Å². The van der Waals surface area contributed by atoms with Gasteiger partial charge in [0.05, 0.1) is 7.11 Å². The van der Waals surface area contributed by atoms with Crippen LogP contribution in [0.4, 0.5) is 10.1 Å². The van der Waals surface area contributed by atoms with Crippen LogP contribution in [0.15, 0.2) is 18.2 Å². The summed E-state index contributed by atoms with van der Waals surface area (Å²) in [6.07, 6.45) is 4.96. The molecule has 4 heteroatoms. The van der Waals surface area contributed by atoms with Gasteiger partial charge < -0.3 is 15.0 Å². The Kier molecular flexibility index (Phi) is 3.60. The quantitative estimate of drug-likeness (QED) is 0.908. The first-order valence-electron chi connectivity index (χ1n) is 7.10. The minimum Gasteiger partial charge on any atom is -0.494 e. The molecular weight excluding hydrogens is 243 g/mol. The zero-order valence-corrected chi connectivity index (χ0v) is 11.4. The lowest BCUT2D eigenvalue weighted by Crippen LogP contribution is -2.42. The Labute approximate surface area is 113 Å². The molecule has 1 aromatic rings. The van der Waals surface area contributed by atoms with Crippen LogP contribution in [0, 0.1) is 5.82 Å². The van der Waals surface area contributed by atoms with Crippen molar-refractivity contribution >= 4 is 5.69 Å². The number of fused-ring (bicyclic) bond motifs is 1. The van der Waals surface area contributed by atoms with Gasteiger partial charge in [0.2, 0.25) is 0 Å². The normalized spacial score (nSPS) is 27.1. The maximum absolute atomic E-state index is 13.6. The zero-order valence-electron chi connectivity index (χ0n) is 11.4. The molecule has 1 N–H and O–H groups in total. The van der Waals surface area contributed by atoms with E-state index in [2.05, 4.69) is 10.2 Å². The second-order valence-corrected chi connectivity index (χ2v) is 5.55. The number of anilines is 1. The van der Waals surface area contributed by atoms with Gasteiger partial charge in [-0.05, 0) is 44.4 Å². The summed E-state index contributed by atoms with van der Waals surface area (Å²) in [5.74, 6) is 0.00182. The Morgan fingerprint density at radius 3 is 3.00 bits per heavy atom. The third kappa shape index (κ3) is 2.68. The Hall–Kier alpha value is -1.29. The van der Waals surface area contributed by atoms with E-state index < -0.39 is 0 Å². The smallest absolute Gasteiger partial charge is 0.167 e. The summed E-state index contributed by atoms with van der Waals surface area (Å²) in [4.78, 5) is 2.59. The molecule has 0 saturated carbocycles. The Morgan fingerprint density at radius 2 is 2.21 bits per heavy atom. The summed E-state index contributed by atoms with van der Waals surface area (Å²) >= 11 is 0. The van der Waals surface area contributed by atoms with E-state index in [1.54, 1.807) is 6.07 Å². The van der Waals surface area contributed by atoms with Gasteiger partial charge in [0.15, 0.2) is 11.6 Å². The van der Waals surface area contributed by atoms with Gasteiger partial charge in [-0.1, -0.05) is 0 Å². The summed E-state index contributed by atoms with van der Waals surface area (Å²) in [7, 11) is 1.49. The molecule has 2 saturated heterocycles. The largest absolute Gasteiger partial charge is 0.494 e. The standard InChI is InChI=1S/C15H21FN2O/c1-19-15-5-4-11(10-14(15)16)17-12-6-8-18-7-2-3-13(18)9-12/h4-5,10,12-13,17H,2-3,6-9H2,1H3. The first-order valence-corrected chi connectivity index (χ1v) is 7.10. The number of benzene rings is 1. The molecule has 3 rings (SSSR count). The number of halogens is 1. The highest BCUT2D eigenvalue weighted by atomic mass is 19.1. The van der Waals surface area contributed by atoms with Crippen molar-refractivity contribution in [1.29, 1.82) is 0 Å². The fraction of sp³-hybridized carbons (Fsp3) is 0.600. The van der Waals surface area contributed by atoms with Crippen molar-refractivity contribution in [3.8, 4) is 5.75 Å². The lowest BCUT2D eigenvalue weighted by molar-refractivity contribution is 0.188. The van der Waals surface area contributed by atoms with Crippen molar-refractivity contribution in [3.63, 3.8) is 0 Å². The number of methoxy groups -OCH3 is 1. The van der Waals surface area contributed by atoms with Crippen LogP contribution >= 0.6 is 0 Å². The van der Waals surface area contributed by atoms with Gasteiger partial charge in [0.25, 0.3) is 0 Å². The molecule has 0 bridgehead atoms. The van der Waals surface area contributed by atoms with Gasteiger partial charge in [0.1, 0.15) is 0 Å². The summed E-state index contributed by atoms with van der Waals surface area (Å²) in [5, 5.41) is 3.46. The molecule has 2 heterocycles. The maximum Gasteiger partial charge on any atom is 0.167 e. The fourth-order valence-electron chi connectivity index (χ4n) is 3.35. The van der Waals surface area contributed by atoms with Crippen LogP contribution in [0.25, 0.3) is 0 Å². The van der Waals surface area contributed by atoms with Gasteiger partial charge >= 0.3 is 0 Å². The lowest BCUT2D eigenvalue weighted by Gasteiger charge is -2.35. The van der Waals surface area contributed by atoms with E-state index in [9.17, 15) is 4.39 Å². The Bertz CT molecular complexity index is 452. The highest BCUT2D eigenvalue weighted by Crippen LogP contribution is 2.29. The van der Waals surface area contributed by atoms with Crippen molar-refractivity contribution in [2.24, 2.45) is 0 Å². The van der Waals surface area contributed by atoms with Crippen LogP contribution in [0.1, 0.15) is 25.7 Å². The van der Waals surface area contributed by atoms with Gasteiger partial charge in [-0.3, -0.25) is 0 Å². The van der Waals surface area contributed by atoms with E-state index in [1.165, 1.54) is 45.5 Å². The second-order valence-electron chi connectivity index (χ2n) is 5.55. The van der Waals surface area contributed by atoms with Crippen molar-refractivity contribution in [2.45, 2.75) is 37.8 Å². The van der Waals surface area contributed by atoms with E-state index in [-0.39, 0.29) is 5.82 Å². The molecular formula is C15H21FN2O. The molecule has 0 aromatic heterocycles.